The van der Waals surface area contributed by atoms with Gasteiger partial charge in [0.25, 0.3) is 0 Å². The zero-order valence-electron chi connectivity index (χ0n) is 15.6. The maximum Gasteiger partial charge on any atom is 0.223 e. The molecule has 1 amide bonds. The number of fused-ring (bicyclic) bond motifs is 1. The van der Waals surface area contributed by atoms with Crippen LogP contribution in [-0.2, 0) is 17.8 Å². The maximum atomic E-state index is 12.8. The van der Waals surface area contributed by atoms with Crippen molar-refractivity contribution >= 4 is 5.91 Å². The number of ether oxygens (including phenoxy) is 1. The zero-order chi connectivity index (χ0) is 18.5. The Kier molecular flexibility index (Phi) is 5.68. The molecule has 3 heterocycles. The standard InChI is InChI=1S/C22H27N3O2/c26-22(19-9-13-27-21-6-2-1-5-18(21)14-19)24-20-7-11-25(12-8-20)16-17-4-3-10-23-15-17/h1-6,10,15,19-20H,7-9,11-14,16H2,(H,24,26)/t19-/m1/s1. The summed E-state index contributed by atoms with van der Waals surface area (Å²) >= 11 is 0. The number of benzene rings is 1. The second-order valence-electron chi connectivity index (χ2n) is 7.57. The number of nitrogens with zero attached hydrogens (tertiary/aromatic N) is 2. The summed E-state index contributed by atoms with van der Waals surface area (Å²) in [5, 5.41) is 3.30. The summed E-state index contributed by atoms with van der Waals surface area (Å²) in [5.41, 5.74) is 2.39. The third-order valence-corrected chi connectivity index (χ3v) is 5.60. The van der Waals surface area contributed by atoms with Crippen molar-refractivity contribution in [2.75, 3.05) is 19.7 Å². The smallest absolute Gasteiger partial charge is 0.223 e. The predicted octanol–water partition coefficient (Wildman–Crippen LogP) is 2.80. The molecule has 4 rings (SSSR count). The molecule has 2 aliphatic rings. The lowest BCUT2D eigenvalue weighted by Crippen LogP contribution is -2.46. The normalized spacial score (nSPS) is 21.0. The van der Waals surface area contributed by atoms with E-state index in [0.717, 1.165) is 56.6 Å². The lowest BCUT2D eigenvalue weighted by atomic mass is 9.95. The Morgan fingerprint density at radius 2 is 2.00 bits per heavy atom. The molecule has 0 saturated carbocycles. The number of amides is 1. The number of hydrogen-bond donors (Lipinski definition) is 1. The van der Waals surface area contributed by atoms with Gasteiger partial charge >= 0.3 is 0 Å². The lowest BCUT2D eigenvalue weighted by molar-refractivity contribution is -0.126. The Morgan fingerprint density at radius 1 is 1.15 bits per heavy atom. The molecule has 2 aromatic rings. The van der Waals surface area contributed by atoms with Crippen LogP contribution in [0.15, 0.2) is 48.8 Å². The van der Waals surface area contributed by atoms with Gasteiger partial charge in [-0.15, -0.1) is 0 Å². The molecule has 0 spiro atoms. The average Bonchev–Trinajstić information content (AvgIpc) is 2.93. The van der Waals surface area contributed by atoms with Crippen molar-refractivity contribution in [2.24, 2.45) is 5.92 Å². The minimum atomic E-state index is 0.00192. The Balaban J connectivity index is 1.27. The molecular weight excluding hydrogens is 338 g/mol. The second kappa shape index (κ2) is 8.53. The molecule has 0 unspecified atom stereocenters. The quantitative estimate of drug-likeness (QED) is 0.905. The van der Waals surface area contributed by atoms with Crippen molar-refractivity contribution in [2.45, 2.75) is 38.3 Å². The SMILES string of the molecule is O=C(NC1CCN(Cc2cccnc2)CC1)[C@@H]1CCOc2ccccc2C1. The number of piperidine rings is 1. The first-order valence-corrected chi connectivity index (χ1v) is 9.90. The summed E-state index contributed by atoms with van der Waals surface area (Å²) in [6.07, 6.45) is 7.29. The fraction of sp³-hybridized carbons (Fsp3) is 0.455. The highest BCUT2D eigenvalue weighted by molar-refractivity contribution is 5.79. The molecule has 1 saturated heterocycles. The van der Waals surface area contributed by atoms with Crippen molar-refractivity contribution in [1.29, 1.82) is 0 Å². The van der Waals surface area contributed by atoms with Crippen LogP contribution in [0.4, 0.5) is 0 Å². The maximum absolute atomic E-state index is 12.8. The number of para-hydroxylation sites is 1. The Morgan fingerprint density at radius 3 is 2.81 bits per heavy atom. The van der Waals surface area contributed by atoms with E-state index in [4.69, 9.17) is 4.74 Å². The second-order valence-corrected chi connectivity index (χ2v) is 7.57. The van der Waals surface area contributed by atoms with Gasteiger partial charge in [-0.2, -0.15) is 0 Å². The molecule has 5 nitrogen and oxygen atoms in total. The van der Waals surface area contributed by atoms with Crippen LogP contribution < -0.4 is 10.1 Å². The number of pyridine rings is 1. The van der Waals surface area contributed by atoms with Gasteiger partial charge in [0.05, 0.1) is 6.61 Å². The fourth-order valence-corrected chi connectivity index (χ4v) is 4.02. The van der Waals surface area contributed by atoms with Crippen molar-refractivity contribution in [1.82, 2.24) is 15.2 Å². The van der Waals surface area contributed by atoms with E-state index in [9.17, 15) is 4.79 Å². The third kappa shape index (κ3) is 4.66. The summed E-state index contributed by atoms with van der Waals surface area (Å²) in [6, 6.07) is 12.4. The highest BCUT2D eigenvalue weighted by Crippen LogP contribution is 2.27. The Hall–Kier alpha value is -2.40. The van der Waals surface area contributed by atoms with E-state index in [1.807, 2.05) is 36.7 Å². The molecule has 0 radical (unpaired) electrons. The monoisotopic (exact) mass is 365 g/mol. The van der Waals surface area contributed by atoms with E-state index in [1.54, 1.807) is 0 Å². The molecule has 142 valence electrons. The number of likely N-dealkylation sites (tertiary alicyclic amines) is 1. The summed E-state index contributed by atoms with van der Waals surface area (Å²) in [4.78, 5) is 19.4. The Bertz CT molecular complexity index is 757. The van der Waals surface area contributed by atoms with Gasteiger partial charge in [0, 0.05) is 44.0 Å². The summed E-state index contributed by atoms with van der Waals surface area (Å²) in [7, 11) is 0. The lowest BCUT2D eigenvalue weighted by Gasteiger charge is -2.33. The minimum Gasteiger partial charge on any atom is -0.493 e. The number of hydrogen-bond acceptors (Lipinski definition) is 4. The van der Waals surface area contributed by atoms with Crippen molar-refractivity contribution in [3.63, 3.8) is 0 Å². The van der Waals surface area contributed by atoms with E-state index in [-0.39, 0.29) is 17.9 Å². The van der Waals surface area contributed by atoms with Crippen molar-refractivity contribution in [3.8, 4) is 5.75 Å². The molecule has 1 atom stereocenters. The number of rotatable bonds is 4. The highest BCUT2D eigenvalue weighted by Gasteiger charge is 2.27. The summed E-state index contributed by atoms with van der Waals surface area (Å²) in [5.74, 6) is 1.11. The first kappa shape index (κ1) is 18.0. The first-order valence-electron chi connectivity index (χ1n) is 9.90. The topological polar surface area (TPSA) is 54.5 Å². The van der Waals surface area contributed by atoms with E-state index in [2.05, 4.69) is 27.3 Å². The largest absolute Gasteiger partial charge is 0.493 e. The van der Waals surface area contributed by atoms with Crippen LogP contribution in [0.5, 0.6) is 5.75 Å². The number of aromatic nitrogens is 1. The van der Waals surface area contributed by atoms with Crippen LogP contribution >= 0.6 is 0 Å². The highest BCUT2D eigenvalue weighted by atomic mass is 16.5. The molecule has 5 heteroatoms. The molecule has 1 aromatic carbocycles. The van der Waals surface area contributed by atoms with Crippen LogP contribution in [0.25, 0.3) is 0 Å². The van der Waals surface area contributed by atoms with E-state index < -0.39 is 0 Å². The number of carbonyl (C=O) groups is 1. The summed E-state index contributed by atoms with van der Waals surface area (Å²) < 4.78 is 5.80. The molecule has 1 fully saturated rings. The predicted molar refractivity (Wildman–Crippen MR) is 104 cm³/mol. The van der Waals surface area contributed by atoms with Crippen molar-refractivity contribution < 1.29 is 9.53 Å². The molecular formula is C22H27N3O2. The van der Waals surface area contributed by atoms with Gasteiger partial charge in [0.2, 0.25) is 5.91 Å². The third-order valence-electron chi connectivity index (χ3n) is 5.60. The molecule has 0 bridgehead atoms. The van der Waals surface area contributed by atoms with Gasteiger partial charge in [-0.1, -0.05) is 24.3 Å². The van der Waals surface area contributed by atoms with Crippen LogP contribution in [0.1, 0.15) is 30.4 Å². The van der Waals surface area contributed by atoms with Crippen LogP contribution in [-0.4, -0.2) is 41.5 Å². The van der Waals surface area contributed by atoms with Crippen LogP contribution in [0.2, 0.25) is 0 Å². The molecule has 2 aliphatic heterocycles. The molecule has 27 heavy (non-hydrogen) atoms. The number of carbonyl (C=O) groups excluding carboxylic acids is 1. The fourth-order valence-electron chi connectivity index (χ4n) is 4.02. The van der Waals surface area contributed by atoms with Crippen molar-refractivity contribution in [3.05, 3.63) is 59.9 Å². The zero-order valence-corrected chi connectivity index (χ0v) is 15.6. The van der Waals surface area contributed by atoms with Gasteiger partial charge in [-0.3, -0.25) is 14.7 Å². The minimum absolute atomic E-state index is 0.00192. The molecule has 1 aromatic heterocycles. The molecule has 1 N–H and O–H groups in total. The first-order chi connectivity index (χ1) is 13.3. The van der Waals surface area contributed by atoms with E-state index in [1.165, 1.54) is 5.56 Å². The number of nitrogens with one attached hydrogen (secondary N) is 1. The van der Waals surface area contributed by atoms with Gasteiger partial charge in [-0.25, -0.2) is 0 Å². The molecule has 0 aliphatic carbocycles. The van der Waals surface area contributed by atoms with Gasteiger partial charge in [-0.05, 0) is 48.9 Å². The van der Waals surface area contributed by atoms with E-state index >= 15 is 0 Å². The van der Waals surface area contributed by atoms with E-state index in [0.29, 0.717) is 6.61 Å². The van der Waals surface area contributed by atoms with Crippen LogP contribution in [0, 0.1) is 5.92 Å². The van der Waals surface area contributed by atoms with Gasteiger partial charge in [0.1, 0.15) is 5.75 Å². The Labute approximate surface area is 160 Å². The average molecular weight is 365 g/mol. The van der Waals surface area contributed by atoms with Gasteiger partial charge in [0.15, 0.2) is 0 Å². The van der Waals surface area contributed by atoms with Crippen LogP contribution in [0.3, 0.4) is 0 Å². The summed E-state index contributed by atoms with van der Waals surface area (Å²) in [6.45, 7) is 3.57. The van der Waals surface area contributed by atoms with Gasteiger partial charge < -0.3 is 10.1 Å².